The van der Waals surface area contributed by atoms with Crippen molar-refractivity contribution in [1.29, 1.82) is 0 Å². The predicted octanol–water partition coefficient (Wildman–Crippen LogP) is 21.6. The summed E-state index contributed by atoms with van der Waals surface area (Å²) < 4.78 is 17.3. The summed E-state index contributed by atoms with van der Waals surface area (Å²) in [4.78, 5) is 2.56. The van der Waals surface area contributed by atoms with Crippen LogP contribution in [0.3, 0.4) is 0 Å². The highest BCUT2D eigenvalue weighted by atomic mass is 32.1. The standard InChI is InChI=1S/C78H80BN2O2S/c1-72(2,3)45-25-28-60(48(35-45)44-21-17-16-18-22-44)81-61-43-64-67(47-23-19-20-24-62(47)82-64)68(69(61)79-71-70(81)52-38-56-57(41-63(52)83-71)77(12,13)33-31-76(56,10)11)51-40-65-50(49-37-55-58(42-66(49)84-65)78(14,15)34-32-75(55,8)9)39-59(51)80-46-26-27-53-54(36-46)74(6,7)30-29-73(53,4)5/h16-28,35-43,80H,29-34H2,1-15H3. The lowest BCUT2D eigenvalue weighted by Crippen LogP contribution is -2.40. The van der Waals surface area contributed by atoms with Crippen molar-refractivity contribution < 1.29 is 8.83 Å². The maximum atomic E-state index is 7.50. The minimum atomic E-state index is -0.0847. The molecule has 8 aromatic carbocycles. The summed E-state index contributed by atoms with van der Waals surface area (Å²) in [7, 11) is 2.39. The number of benzene rings is 8. The van der Waals surface area contributed by atoms with Gasteiger partial charge >= 0.3 is 0 Å². The van der Waals surface area contributed by atoms with Crippen LogP contribution in [0.2, 0.25) is 0 Å². The first-order chi connectivity index (χ1) is 39.7. The first-order valence-electron chi connectivity index (χ1n) is 31.1. The van der Waals surface area contributed by atoms with E-state index in [4.69, 9.17) is 8.83 Å². The van der Waals surface area contributed by atoms with Gasteiger partial charge in [0.15, 0.2) is 0 Å². The van der Waals surface area contributed by atoms with E-state index < -0.39 is 0 Å². The molecule has 0 saturated carbocycles. The zero-order valence-corrected chi connectivity index (χ0v) is 53.0. The van der Waals surface area contributed by atoms with E-state index in [1.165, 1.54) is 89.5 Å². The van der Waals surface area contributed by atoms with Crippen LogP contribution in [0.1, 0.15) is 181 Å². The predicted molar refractivity (Wildman–Crippen MR) is 361 cm³/mol. The van der Waals surface area contributed by atoms with Crippen LogP contribution in [0, 0.1) is 0 Å². The number of rotatable bonds is 5. The summed E-state index contributed by atoms with van der Waals surface area (Å²) >= 11 is 1.94. The molecule has 0 saturated heterocycles. The van der Waals surface area contributed by atoms with Gasteiger partial charge in [-0.25, -0.2) is 0 Å². The number of fused-ring (bicyclic) bond motifs is 13. The highest BCUT2D eigenvalue weighted by Crippen LogP contribution is 2.56. The lowest BCUT2D eigenvalue weighted by molar-refractivity contribution is 0.332. The van der Waals surface area contributed by atoms with Crippen LogP contribution in [0.15, 0.2) is 142 Å². The zero-order valence-electron chi connectivity index (χ0n) is 52.2. The zero-order chi connectivity index (χ0) is 58.6. The number of hydrogen-bond donors (Lipinski definition) is 1. The molecule has 0 atom stereocenters. The van der Waals surface area contributed by atoms with Crippen LogP contribution in [-0.4, -0.2) is 7.28 Å². The Labute approximate surface area is 502 Å². The molecule has 4 heterocycles. The Balaban J connectivity index is 1.07. The van der Waals surface area contributed by atoms with Crippen LogP contribution in [0.4, 0.5) is 28.4 Å². The molecule has 1 N–H and O–H groups in total. The fourth-order valence-corrected chi connectivity index (χ4v) is 16.7. The second kappa shape index (κ2) is 17.8. The van der Waals surface area contributed by atoms with Crippen LogP contribution in [0.25, 0.3) is 75.3 Å². The number of para-hydroxylation sites is 1. The van der Waals surface area contributed by atoms with Gasteiger partial charge in [-0.2, -0.15) is 0 Å². The summed E-state index contributed by atoms with van der Waals surface area (Å²) in [5.74, 6) is 0. The van der Waals surface area contributed by atoms with Gasteiger partial charge in [0.2, 0.25) is 7.28 Å². The van der Waals surface area contributed by atoms with E-state index in [-0.39, 0.29) is 37.9 Å². The molecule has 0 bridgehead atoms. The smallest absolute Gasteiger partial charge is 0.247 e. The van der Waals surface area contributed by atoms with E-state index >= 15 is 0 Å². The summed E-state index contributed by atoms with van der Waals surface area (Å²) in [5.41, 5.74) is 24.8. The van der Waals surface area contributed by atoms with Crippen molar-refractivity contribution in [3.63, 3.8) is 0 Å². The average molecular weight is 1120 g/mol. The first-order valence-corrected chi connectivity index (χ1v) is 31.9. The highest BCUT2D eigenvalue weighted by molar-refractivity contribution is 7.25. The first kappa shape index (κ1) is 53.7. The van der Waals surface area contributed by atoms with Gasteiger partial charge in [0.1, 0.15) is 16.7 Å². The van der Waals surface area contributed by atoms with E-state index in [9.17, 15) is 0 Å². The molecule has 1 aliphatic heterocycles. The van der Waals surface area contributed by atoms with Gasteiger partial charge in [-0.3, -0.25) is 0 Å². The quantitative estimate of drug-likeness (QED) is 0.174. The van der Waals surface area contributed by atoms with Gasteiger partial charge in [-0.15, -0.1) is 11.3 Å². The minimum Gasteiger partial charge on any atom is -0.469 e. The minimum absolute atomic E-state index is 0.00502. The molecule has 84 heavy (non-hydrogen) atoms. The average Bonchev–Trinajstić information content (AvgIpc) is 1.50. The van der Waals surface area contributed by atoms with Crippen LogP contribution in [0.5, 0.6) is 0 Å². The summed E-state index contributed by atoms with van der Waals surface area (Å²) in [6.45, 7) is 36.2. The van der Waals surface area contributed by atoms with E-state index in [2.05, 4.69) is 255 Å². The normalized spacial score (nSPS) is 18.8. The molecule has 0 unspecified atom stereocenters. The van der Waals surface area contributed by atoms with Crippen LogP contribution < -0.4 is 21.3 Å². The number of nitrogens with zero attached hydrogens (tertiary/aromatic N) is 1. The maximum Gasteiger partial charge on any atom is 0.247 e. The van der Waals surface area contributed by atoms with Crippen molar-refractivity contribution in [1.82, 2.24) is 0 Å². The molecule has 0 spiro atoms. The Kier molecular flexibility index (Phi) is 11.4. The van der Waals surface area contributed by atoms with Gasteiger partial charge in [-0.05, 0) is 199 Å². The Morgan fingerprint density at radius 3 is 1.70 bits per heavy atom. The molecule has 3 aliphatic carbocycles. The molecule has 4 aliphatic rings. The molecule has 4 nitrogen and oxygen atoms in total. The second-order valence-corrected chi connectivity index (χ2v) is 31.9. The molecule has 3 aromatic heterocycles. The molecule has 1 radical (unpaired) electrons. The van der Waals surface area contributed by atoms with E-state index in [0.717, 1.165) is 103 Å². The topological polar surface area (TPSA) is 41.6 Å². The molecule has 15 rings (SSSR count). The van der Waals surface area contributed by atoms with E-state index in [1.807, 2.05) is 11.3 Å². The summed E-state index contributed by atoms with van der Waals surface area (Å²) in [6, 6.07) is 51.5. The summed E-state index contributed by atoms with van der Waals surface area (Å²) in [5, 5.41) is 10.2. The van der Waals surface area contributed by atoms with Crippen molar-refractivity contribution in [2.45, 2.75) is 180 Å². The number of anilines is 5. The Morgan fingerprint density at radius 2 is 1.04 bits per heavy atom. The second-order valence-electron chi connectivity index (χ2n) is 30.8. The summed E-state index contributed by atoms with van der Waals surface area (Å²) in [6.07, 6.45) is 6.91. The van der Waals surface area contributed by atoms with E-state index in [1.54, 1.807) is 0 Å². The molecular weight excluding hydrogens is 1040 g/mol. The number of hydrogen-bond acceptors (Lipinski definition) is 5. The van der Waals surface area contributed by atoms with Gasteiger partial charge in [0.05, 0.1) is 17.0 Å². The van der Waals surface area contributed by atoms with Gasteiger partial charge < -0.3 is 19.1 Å². The van der Waals surface area contributed by atoms with Gasteiger partial charge in [0, 0.05) is 70.6 Å². The van der Waals surface area contributed by atoms with Gasteiger partial charge in [0.25, 0.3) is 0 Å². The molecule has 0 amide bonds. The Bertz CT molecular complexity index is 4600. The fraction of sp³-hybridized carbons (Fsp3) is 0.359. The van der Waals surface area contributed by atoms with Crippen molar-refractivity contribution in [3.8, 4) is 22.3 Å². The molecular formula is C78H80BN2O2S. The highest BCUT2D eigenvalue weighted by Gasteiger charge is 2.43. The third-order valence-corrected chi connectivity index (χ3v) is 22.4. The number of thiophene rings is 1. The molecule has 6 heteroatoms. The third kappa shape index (κ3) is 8.11. The van der Waals surface area contributed by atoms with Crippen molar-refractivity contribution in [2.24, 2.45) is 0 Å². The third-order valence-electron chi connectivity index (χ3n) is 21.3. The molecule has 423 valence electrons. The largest absolute Gasteiger partial charge is 0.469 e. The van der Waals surface area contributed by atoms with Gasteiger partial charge in [-0.1, -0.05) is 165 Å². The maximum absolute atomic E-state index is 7.50. The number of nitrogens with one attached hydrogen (secondary N) is 1. The SMILES string of the molecule is CC(C)(C)c1ccc(N2c3cc4oc5ccccc5c4c(-c4cc5sc6cc7c(cc6c5cc4Nc4ccc5c(c4)C(C)(C)CCC5(C)C)C(C)(C)CCC7(C)C)c3[B]c3oc4cc5c(cc4c32)C(C)(C)CCC5(C)C)c(-c2ccccc2)c1. The molecule has 0 fully saturated rings. The van der Waals surface area contributed by atoms with Crippen LogP contribution >= 0.6 is 11.3 Å². The van der Waals surface area contributed by atoms with Crippen molar-refractivity contribution in [2.75, 3.05) is 10.2 Å². The van der Waals surface area contributed by atoms with Crippen molar-refractivity contribution in [3.05, 3.63) is 172 Å². The number of furan rings is 2. The van der Waals surface area contributed by atoms with Crippen LogP contribution in [-0.2, 0) is 37.9 Å². The fourth-order valence-electron chi connectivity index (χ4n) is 15.6. The molecule has 11 aromatic rings. The monoisotopic (exact) mass is 1120 g/mol. The Morgan fingerprint density at radius 1 is 0.464 bits per heavy atom. The Hall–Kier alpha value is -7.02. The lowest BCUT2D eigenvalue weighted by atomic mass is 9.60. The lowest BCUT2D eigenvalue weighted by Gasteiger charge is -2.42. The van der Waals surface area contributed by atoms with E-state index in [0.29, 0.717) is 0 Å². The van der Waals surface area contributed by atoms with Crippen molar-refractivity contribution >= 4 is 111 Å².